The van der Waals surface area contributed by atoms with Gasteiger partial charge in [0.15, 0.2) is 5.78 Å². The van der Waals surface area contributed by atoms with Crippen molar-refractivity contribution in [2.24, 2.45) is 5.41 Å². The molecule has 166 valence electrons. The van der Waals surface area contributed by atoms with E-state index in [1.54, 1.807) is 0 Å². The van der Waals surface area contributed by atoms with Crippen LogP contribution in [0.5, 0.6) is 0 Å². The van der Waals surface area contributed by atoms with Crippen LogP contribution in [0.2, 0.25) is 0 Å². The van der Waals surface area contributed by atoms with Crippen LogP contribution in [0.4, 0.5) is 5.69 Å². The molecule has 2 heterocycles. The van der Waals surface area contributed by atoms with Crippen molar-refractivity contribution in [1.29, 1.82) is 0 Å². The van der Waals surface area contributed by atoms with E-state index in [1.165, 1.54) is 27.4 Å². The maximum Gasteiger partial charge on any atom is 0.162 e. The number of carbonyl (C=O) groups excluding carboxylic acids is 1. The van der Waals surface area contributed by atoms with Crippen LogP contribution in [0.3, 0.4) is 0 Å². The molecule has 0 saturated carbocycles. The van der Waals surface area contributed by atoms with Crippen LogP contribution in [-0.4, -0.2) is 10.4 Å². The van der Waals surface area contributed by atoms with E-state index in [2.05, 4.69) is 107 Å². The molecule has 33 heavy (non-hydrogen) atoms. The third kappa shape index (κ3) is 3.11. The number of anilines is 1. The number of aromatic nitrogens is 1. The molecule has 1 aromatic heterocycles. The zero-order chi connectivity index (χ0) is 22.9. The van der Waals surface area contributed by atoms with Gasteiger partial charge in [-0.3, -0.25) is 4.79 Å². The number of aryl methyl sites for hydroxylation is 1. The van der Waals surface area contributed by atoms with Crippen molar-refractivity contribution in [3.8, 4) is 0 Å². The van der Waals surface area contributed by atoms with Gasteiger partial charge in [-0.1, -0.05) is 60.1 Å². The number of rotatable bonds is 2. The lowest BCUT2D eigenvalue weighted by Crippen LogP contribution is -2.33. The number of benzene rings is 3. The molecule has 6 rings (SSSR count). The molecule has 4 heteroatoms. The average Bonchev–Trinajstić information content (AvgIpc) is 3.10. The number of fused-ring (bicyclic) bond motifs is 5. The Labute approximate surface area is 202 Å². The van der Waals surface area contributed by atoms with E-state index in [1.807, 2.05) is 0 Å². The number of Topliss-reactive ketones (excluding diaryl/α,β-unsaturated/α-hetero) is 1. The van der Waals surface area contributed by atoms with Crippen LogP contribution in [0, 0.1) is 5.41 Å². The first-order chi connectivity index (χ1) is 15.9. The lowest BCUT2D eigenvalue weighted by atomic mass is 9.68. The minimum atomic E-state index is -0.0860. The number of hydrogen-bond acceptors (Lipinski definition) is 2. The molecule has 1 unspecified atom stereocenters. The van der Waals surface area contributed by atoms with Gasteiger partial charge in [0.1, 0.15) is 0 Å². The highest BCUT2D eigenvalue weighted by Crippen LogP contribution is 2.52. The fourth-order valence-electron chi connectivity index (χ4n) is 6.02. The zero-order valence-electron chi connectivity index (χ0n) is 19.2. The number of para-hydroxylation sites is 1. The number of nitrogens with one attached hydrogen (secondary N) is 1. The molecule has 0 spiro atoms. The van der Waals surface area contributed by atoms with Gasteiger partial charge in [-0.15, -0.1) is 0 Å². The highest BCUT2D eigenvalue weighted by atomic mass is 79.9. The van der Waals surface area contributed by atoms with Crippen molar-refractivity contribution in [1.82, 2.24) is 4.57 Å². The van der Waals surface area contributed by atoms with Gasteiger partial charge in [-0.05, 0) is 60.2 Å². The monoisotopic (exact) mass is 498 g/mol. The van der Waals surface area contributed by atoms with E-state index >= 15 is 0 Å². The fraction of sp³-hybridized carbons (Fsp3) is 0.276. The number of nitrogens with zero attached hydrogens (tertiary/aromatic N) is 1. The average molecular weight is 499 g/mol. The summed E-state index contributed by atoms with van der Waals surface area (Å²) in [5, 5.41) is 6.23. The van der Waals surface area contributed by atoms with Crippen LogP contribution in [0.15, 0.2) is 76.4 Å². The molecule has 0 amide bonds. The molecular weight excluding hydrogens is 472 g/mol. The highest BCUT2D eigenvalue weighted by molar-refractivity contribution is 9.10. The number of halogens is 1. The molecule has 0 radical (unpaired) electrons. The molecule has 2 aliphatic rings. The van der Waals surface area contributed by atoms with Crippen molar-refractivity contribution >= 4 is 49.2 Å². The molecule has 0 fully saturated rings. The zero-order valence-corrected chi connectivity index (χ0v) is 20.8. The van der Waals surface area contributed by atoms with Crippen LogP contribution >= 0.6 is 15.9 Å². The number of allylic oxidation sites excluding steroid dienone is 2. The van der Waals surface area contributed by atoms with E-state index in [0.29, 0.717) is 6.42 Å². The quantitative estimate of drug-likeness (QED) is 0.306. The summed E-state index contributed by atoms with van der Waals surface area (Å²) in [6.45, 7) is 7.48. The lowest BCUT2D eigenvalue weighted by molar-refractivity contribution is -0.118. The fourth-order valence-corrected chi connectivity index (χ4v) is 6.44. The van der Waals surface area contributed by atoms with E-state index in [4.69, 9.17) is 0 Å². The van der Waals surface area contributed by atoms with Gasteiger partial charge in [0.2, 0.25) is 0 Å². The maximum absolute atomic E-state index is 13.7. The summed E-state index contributed by atoms with van der Waals surface area (Å²) in [7, 11) is 0. The summed E-state index contributed by atoms with van der Waals surface area (Å²) in [6.07, 6.45) is 1.47. The Kier molecular flexibility index (Phi) is 4.60. The Morgan fingerprint density at radius 1 is 1.03 bits per heavy atom. The summed E-state index contributed by atoms with van der Waals surface area (Å²) in [4.78, 5) is 13.7. The van der Waals surface area contributed by atoms with Crippen LogP contribution in [-0.2, 0) is 11.3 Å². The summed E-state index contributed by atoms with van der Waals surface area (Å²) in [5.41, 5.74) is 7.97. The highest BCUT2D eigenvalue weighted by Gasteiger charge is 2.41. The number of carbonyl (C=O) groups is 1. The topological polar surface area (TPSA) is 34.0 Å². The van der Waals surface area contributed by atoms with Crippen LogP contribution < -0.4 is 5.32 Å². The third-order valence-corrected chi connectivity index (χ3v) is 7.75. The molecule has 3 aromatic carbocycles. The van der Waals surface area contributed by atoms with E-state index in [9.17, 15) is 4.79 Å². The second-order valence-electron chi connectivity index (χ2n) is 10.1. The maximum atomic E-state index is 13.7. The molecule has 1 N–H and O–H groups in total. The predicted molar refractivity (Wildman–Crippen MR) is 140 cm³/mol. The Balaban J connectivity index is 1.74. The summed E-state index contributed by atoms with van der Waals surface area (Å²) in [5.74, 6) is 0.178. The molecule has 3 nitrogen and oxygen atoms in total. The molecule has 1 atom stereocenters. The molecule has 0 bridgehead atoms. The van der Waals surface area contributed by atoms with Gasteiger partial charge in [0, 0.05) is 62.1 Å². The van der Waals surface area contributed by atoms with E-state index < -0.39 is 0 Å². The SMILES string of the molecule is CCn1c2ccccc2c2c3c(ccc21)NC1=C(C(=O)CC(C)(C)C1)C3c1cccc(Br)c1. The second-order valence-corrected chi connectivity index (χ2v) is 11.0. The first-order valence-electron chi connectivity index (χ1n) is 11.7. The second kappa shape index (κ2) is 7.33. The van der Waals surface area contributed by atoms with Gasteiger partial charge in [-0.2, -0.15) is 0 Å². The van der Waals surface area contributed by atoms with Crippen molar-refractivity contribution < 1.29 is 4.79 Å². The van der Waals surface area contributed by atoms with Crippen molar-refractivity contribution in [3.63, 3.8) is 0 Å². The minimum absolute atomic E-state index is 0.0371. The summed E-state index contributed by atoms with van der Waals surface area (Å²) >= 11 is 3.67. The normalized spacial score (nSPS) is 19.5. The van der Waals surface area contributed by atoms with Gasteiger partial charge in [0.05, 0.1) is 0 Å². The van der Waals surface area contributed by atoms with Crippen LogP contribution in [0.25, 0.3) is 21.8 Å². The van der Waals surface area contributed by atoms with Crippen molar-refractivity contribution in [2.75, 3.05) is 5.32 Å². The largest absolute Gasteiger partial charge is 0.358 e. The molecule has 1 aliphatic carbocycles. The molecule has 0 saturated heterocycles. The van der Waals surface area contributed by atoms with Crippen molar-refractivity contribution in [3.05, 3.63) is 87.5 Å². The Morgan fingerprint density at radius 2 is 1.85 bits per heavy atom. The van der Waals surface area contributed by atoms with E-state index in [-0.39, 0.29) is 17.1 Å². The lowest BCUT2D eigenvalue weighted by Gasteiger charge is -2.40. The smallest absolute Gasteiger partial charge is 0.162 e. The molecule has 4 aromatic rings. The standard InChI is InChI=1S/C29H27BrN2O/c1-4-32-22-11-6-5-10-19(22)26-23(32)13-12-20-28(26)25(17-8-7-9-18(30)14-17)27-21(31-20)15-29(2,3)16-24(27)33/h5-14,25,31H,4,15-16H2,1-3H3. The first kappa shape index (κ1) is 20.7. The Hall–Kier alpha value is -2.85. The molecule has 1 aliphatic heterocycles. The summed E-state index contributed by atoms with van der Waals surface area (Å²) < 4.78 is 3.42. The Bertz CT molecular complexity index is 1490. The number of hydrogen-bond donors (Lipinski definition) is 1. The van der Waals surface area contributed by atoms with Crippen LogP contribution in [0.1, 0.15) is 50.7 Å². The summed E-state index contributed by atoms with van der Waals surface area (Å²) in [6, 6.07) is 21.6. The molecular formula is C29H27BrN2O. The van der Waals surface area contributed by atoms with Gasteiger partial charge in [0.25, 0.3) is 0 Å². The Morgan fingerprint density at radius 3 is 2.64 bits per heavy atom. The van der Waals surface area contributed by atoms with Crippen molar-refractivity contribution in [2.45, 2.75) is 46.1 Å². The third-order valence-electron chi connectivity index (χ3n) is 7.26. The van der Waals surface area contributed by atoms with Gasteiger partial charge in [-0.25, -0.2) is 0 Å². The van der Waals surface area contributed by atoms with E-state index in [0.717, 1.165) is 40.0 Å². The number of ketones is 1. The minimum Gasteiger partial charge on any atom is -0.358 e. The first-order valence-corrected chi connectivity index (χ1v) is 12.5. The van der Waals surface area contributed by atoms with Gasteiger partial charge >= 0.3 is 0 Å². The van der Waals surface area contributed by atoms with Gasteiger partial charge < -0.3 is 9.88 Å². The predicted octanol–water partition coefficient (Wildman–Crippen LogP) is 7.78.